The van der Waals surface area contributed by atoms with Crippen molar-refractivity contribution in [3.8, 4) is 0 Å². The molecular weight excluding hydrogens is 284 g/mol. The smallest absolute Gasteiger partial charge is 0.0589 e. The molecule has 84 valence electrons. The molecule has 0 aliphatic carbocycles. The Kier molecular flexibility index (Phi) is 3.51. The maximum atomic E-state index is 5.91. The number of rotatable bonds is 3. The Morgan fingerprint density at radius 3 is 2.88 bits per heavy atom. The van der Waals surface area contributed by atoms with Gasteiger partial charge in [0.15, 0.2) is 0 Å². The van der Waals surface area contributed by atoms with E-state index < -0.39 is 0 Å². The summed E-state index contributed by atoms with van der Waals surface area (Å²) in [5.41, 5.74) is 8.93. The summed E-state index contributed by atoms with van der Waals surface area (Å²) in [5.74, 6) is 0. The van der Waals surface area contributed by atoms with Crippen LogP contribution < -0.4 is 11.1 Å². The van der Waals surface area contributed by atoms with Crippen molar-refractivity contribution in [3.05, 3.63) is 45.1 Å². The van der Waals surface area contributed by atoms with E-state index >= 15 is 0 Å². The van der Waals surface area contributed by atoms with Crippen LogP contribution in [0, 0.1) is 0 Å². The molecular formula is C12H13BrN2S. The van der Waals surface area contributed by atoms with E-state index in [4.69, 9.17) is 5.73 Å². The van der Waals surface area contributed by atoms with Gasteiger partial charge in [-0.25, -0.2) is 0 Å². The Bertz CT molecular complexity index is 468. The normalized spacial score (nSPS) is 12.4. The lowest BCUT2D eigenvalue weighted by molar-refractivity contribution is 0.891. The Labute approximate surface area is 108 Å². The standard InChI is InChI=1S/C12H13BrN2S/c1-8(9-4-5-16-7-9)15-12-6-10(13)2-3-11(12)14/h2-8,15H,14H2,1H3. The van der Waals surface area contributed by atoms with E-state index in [0.717, 1.165) is 15.8 Å². The number of nitrogen functional groups attached to an aromatic ring is 1. The summed E-state index contributed by atoms with van der Waals surface area (Å²) in [6, 6.07) is 8.22. The van der Waals surface area contributed by atoms with Crippen LogP contribution in [0.2, 0.25) is 0 Å². The molecule has 0 aliphatic rings. The van der Waals surface area contributed by atoms with Crippen LogP contribution in [0.3, 0.4) is 0 Å². The number of hydrogen-bond donors (Lipinski definition) is 2. The molecule has 0 aliphatic heterocycles. The first-order valence-corrected chi connectivity index (χ1v) is 6.74. The summed E-state index contributed by atoms with van der Waals surface area (Å²) < 4.78 is 1.03. The molecule has 0 bridgehead atoms. The number of anilines is 2. The van der Waals surface area contributed by atoms with Crippen LogP contribution in [0.1, 0.15) is 18.5 Å². The molecule has 3 N–H and O–H groups in total. The summed E-state index contributed by atoms with van der Waals surface area (Å²) in [4.78, 5) is 0. The summed E-state index contributed by atoms with van der Waals surface area (Å²) in [5, 5.41) is 7.63. The molecule has 0 spiro atoms. The van der Waals surface area contributed by atoms with Crippen LogP contribution in [0.15, 0.2) is 39.5 Å². The van der Waals surface area contributed by atoms with E-state index in [0.29, 0.717) is 0 Å². The zero-order valence-corrected chi connectivity index (χ0v) is 11.3. The van der Waals surface area contributed by atoms with Crippen molar-refractivity contribution in [1.82, 2.24) is 0 Å². The van der Waals surface area contributed by atoms with Crippen LogP contribution >= 0.6 is 27.3 Å². The zero-order chi connectivity index (χ0) is 11.5. The minimum atomic E-state index is 0.267. The third-order valence-electron chi connectivity index (χ3n) is 2.43. The van der Waals surface area contributed by atoms with Crippen molar-refractivity contribution in [3.63, 3.8) is 0 Å². The van der Waals surface area contributed by atoms with Crippen molar-refractivity contribution in [1.29, 1.82) is 0 Å². The minimum Gasteiger partial charge on any atom is -0.397 e. The second kappa shape index (κ2) is 4.89. The molecule has 0 saturated heterocycles. The first-order chi connectivity index (χ1) is 7.66. The zero-order valence-electron chi connectivity index (χ0n) is 8.91. The van der Waals surface area contributed by atoms with E-state index in [1.807, 2.05) is 18.2 Å². The summed E-state index contributed by atoms with van der Waals surface area (Å²) in [6.45, 7) is 2.13. The Morgan fingerprint density at radius 2 is 2.19 bits per heavy atom. The second-order valence-electron chi connectivity index (χ2n) is 3.65. The van der Waals surface area contributed by atoms with Crippen LogP contribution in [0.5, 0.6) is 0 Å². The molecule has 2 nitrogen and oxygen atoms in total. The average Bonchev–Trinajstić information content (AvgIpc) is 2.76. The Balaban J connectivity index is 2.17. The molecule has 2 aromatic rings. The summed E-state index contributed by atoms with van der Waals surface area (Å²) >= 11 is 5.15. The van der Waals surface area contributed by atoms with Crippen LogP contribution in [0.25, 0.3) is 0 Å². The predicted octanol–water partition coefficient (Wildman–Crippen LogP) is 4.27. The van der Waals surface area contributed by atoms with Crippen LogP contribution in [-0.4, -0.2) is 0 Å². The number of benzene rings is 1. The second-order valence-corrected chi connectivity index (χ2v) is 5.35. The lowest BCUT2D eigenvalue weighted by Gasteiger charge is -2.16. The van der Waals surface area contributed by atoms with Gasteiger partial charge in [-0.05, 0) is 47.5 Å². The van der Waals surface area contributed by atoms with Crippen LogP contribution in [0.4, 0.5) is 11.4 Å². The van der Waals surface area contributed by atoms with Gasteiger partial charge in [0.2, 0.25) is 0 Å². The first-order valence-electron chi connectivity index (χ1n) is 5.00. The van der Waals surface area contributed by atoms with Gasteiger partial charge in [-0.1, -0.05) is 15.9 Å². The fraction of sp³-hybridized carbons (Fsp3) is 0.167. The molecule has 4 heteroatoms. The van der Waals surface area contributed by atoms with Crippen molar-refractivity contribution in [2.24, 2.45) is 0 Å². The van der Waals surface area contributed by atoms with E-state index in [-0.39, 0.29) is 6.04 Å². The predicted molar refractivity (Wildman–Crippen MR) is 74.9 cm³/mol. The van der Waals surface area contributed by atoms with Gasteiger partial charge in [0.25, 0.3) is 0 Å². The van der Waals surface area contributed by atoms with E-state index in [2.05, 4.69) is 45.0 Å². The third-order valence-corrected chi connectivity index (χ3v) is 3.63. The van der Waals surface area contributed by atoms with Gasteiger partial charge in [-0.2, -0.15) is 11.3 Å². The van der Waals surface area contributed by atoms with Crippen molar-refractivity contribution >= 4 is 38.6 Å². The van der Waals surface area contributed by atoms with E-state index in [1.165, 1.54) is 5.56 Å². The van der Waals surface area contributed by atoms with Crippen molar-refractivity contribution in [2.75, 3.05) is 11.1 Å². The molecule has 1 unspecified atom stereocenters. The third kappa shape index (κ3) is 2.57. The highest BCUT2D eigenvalue weighted by Gasteiger charge is 2.07. The highest BCUT2D eigenvalue weighted by Crippen LogP contribution is 2.27. The molecule has 16 heavy (non-hydrogen) atoms. The van der Waals surface area contributed by atoms with Gasteiger partial charge < -0.3 is 11.1 Å². The maximum Gasteiger partial charge on any atom is 0.0589 e. The van der Waals surface area contributed by atoms with Gasteiger partial charge in [0.1, 0.15) is 0 Å². The van der Waals surface area contributed by atoms with Gasteiger partial charge in [-0.3, -0.25) is 0 Å². The molecule has 2 rings (SSSR count). The quantitative estimate of drug-likeness (QED) is 0.830. The highest BCUT2D eigenvalue weighted by molar-refractivity contribution is 9.10. The highest BCUT2D eigenvalue weighted by atomic mass is 79.9. The summed E-state index contributed by atoms with van der Waals surface area (Å²) in [6.07, 6.45) is 0. The lowest BCUT2D eigenvalue weighted by atomic mass is 10.1. The number of nitrogens with one attached hydrogen (secondary N) is 1. The van der Waals surface area contributed by atoms with Gasteiger partial charge in [-0.15, -0.1) is 0 Å². The fourth-order valence-corrected chi connectivity index (χ4v) is 2.61. The molecule has 0 amide bonds. The van der Waals surface area contributed by atoms with Gasteiger partial charge in [0.05, 0.1) is 11.4 Å². The van der Waals surface area contributed by atoms with Crippen molar-refractivity contribution in [2.45, 2.75) is 13.0 Å². The number of hydrogen-bond acceptors (Lipinski definition) is 3. The van der Waals surface area contributed by atoms with Gasteiger partial charge in [0, 0.05) is 10.5 Å². The fourth-order valence-electron chi connectivity index (χ4n) is 1.49. The largest absolute Gasteiger partial charge is 0.397 e. The molecule has 0 radical (unpaired) electrons. The molecule has 1 heterocycles. The van der Waals surface area contributed by atoms with Crippen molar-refractivity contribution < 1.29 is 0 Å². The maximum absolute atomic E-state index is 5.91. The number of halogens is 1. The Morgan fingerprint density at radius 1 is 1.38 bits per heavy atom. The lowest BCUT2D eigenvalue weighted by Crippen LogP contribution is -2.07. The van der Waals surface area contributed by atoms with E-state index in [1.54, 1.807) is 11.3 Å². The monoisotopic (exact) mass is 296 g/mol. The molecule has 0 fully saturated rings. The minimum absolute atomic E-state index is 0.267. The summed E-state index contributed by atoms with van der Waals surface area (Å²) in [7, 11) is 0. The first kappa shape index (κ1) is 11.5. The molecule has 0 saturated carbocycles. The SMILES string of the molecule is CC(Nc1cc(Br)ccc1N)c1ccsc1. The molecule has 1 aromatic carbocycles. The topological polar surface area (TPSA) is 38.0 Å². The van der Waals surface area contributed by atoms with E-state index in [9.17, 15) is 0 Å². The molecule has 1 atom stereocenters. The Hall–Kier alpha value is -1.00. The number of thiophene rings is 1. The average molecular weight is 297 g/mol. The number of nitrogens with two attached hydrogens (primary N) is 1. The van der Waals surface area contributed by atoms with Crippen LogP contribution in [-0.2, 0) is 0 Å². The molecule has 1 aromatic heterocycles. The van der Waals surface area contributed by atoms with Gasteiger partial charge >= 0.3 is 0 Å².